The Morgan fingerprint density at radius 2 is 1.79 bits per heavy atom. The van der Waals surface area contributed by atoms with Crippen molar-refractivity contribution >= 4 is 23.2 Å². The molecule has 1 N–H and O–H groups in total. The molecule has 0 aliphatic rings. The van der Waals surface area contributed by atoms with E-state index in [-0.39, 0.29) is 5.54 Å². The molecule has 0 atom stereocenters. The summed E-state index contributed by atoms with van der Waals surface area (Å²) in [6.07, 6.45) is 0. The van der Waals surface area contributed by atoms with Gasteiger partial charge in [-0.2, -0.15) is 0 Å². The molecule has 0 aliphatic carbocycles. The van der Waals surface area contributed by atoms with Crippen LogP contribution in [-0.4, -0.2) is 31.9 Å². The highest BCUT2D eigenvalue weighted by atomic mass is 35.5. The number of benzene rings is 1. The molecule has 0 amide bonds. The lowest BCUT2D eigenvalue weighted by atomic mass is 10.1. The van der Waals surface area contributed by atoms with Crippen LogP contribution in [0.2, 0.25) is 10.0 Å². The Labute approximate surface area is 125 Å². The lowest BCUT2D eigenvalue weighted by molar-refractivity contribution is 0.0985. The van der Waals surface area contributed by atoms with Gasteiger partial charge in [0.15, 0.2) is 0 Å². The van der Waals surface area contributed by atoms with Crippen molar-refractivity contribution in [2.24, 2.45) is 0 Å². The second-order valence-corrected chi connectivity index (χ2v) is 6.03. The molecule has 0 fully saturated rings. The molecule has 0 bridgehead atoms. The van der Waals surface area contributed by atoms with Crippen molar-refractivity contribution in [1.82, 2.24) is 5.32 Å². The highest BCUT2D eigenvalue weighted by molar-refractivity contribution is 6.42. The third-order valence-electron chi connectivity index (χ3n) is 2.29. The van der Waals surface area contributed by atoms with Gasteiger partial charge in [-0.1, -0.05) is 23.2 Å². The molecule has 0 radical (unpaired) electrons. The SMILES string of the molecule is CC(C)(C)NCCOCCOc1ccc(Cl)c(Cl)c1. The molecule has 0 spiro atoms. The molecule has 0 saturated heterocycles. The van der Waals surface area contributed by atoms with Gasteiger partial charge in [0, 0.05) is 18.2 Å². The largest absolute Gasteiger partial charge is 0.491 e. The highest BCUT2D eigenvalue weighted by Crippen LogP contribution is 2.26. The van der Waals surface area contributed by atoms with Crippen LogP contribution in [-0.2, 0) is 4.74 Å². The summed E-state index contributed by atoms with van der Waals surface area (Å²) in [5.74, 6) is 0.700. The van der Waals surface area contributed by atoms with E-state index >= 15 is 0 Å². The van der Waals surface area contributed by atoms with Crippen molar-refractivity contribution in [1.29, 1.82) is 0 Å². The molecule has 0 unspecified atom stereocenters. The maximum atomic E-state index is 5.89. The van der Waals surface area contributed by atoms with E-state index in [9.17, 15) is 0 Å². The maximum Gasteiger partial charge on any atom is 0.121 e. The minimum atomic E-state index is 0.125. The van der Waals surface area contributed by atoms with Gasteiger partial charge < -0.3 is 14.8 Å². The Morgan fingerprint density at radius 3 is 2.42 bits per heavy atom. The fourth-order valence-corrected chi connectivity index (χ4v) is 1.67. The lowest BCUT2D eigenvalue weighted by Gasteiger charge is -2.20. The average molecular weight is 306 g/mol. The van der Waals surface area contributed by atoms with Gasteiger partial charge in [0.25, 0.3) is 0 Å². The van der Waals surface area contributed by atoms with Gasteiger partial charge in [-0.05, 0) is 32.9 Å². The van der Waals surface area contributed by atoms with E-state index in [1.807, 2.05) is 0 Å². The minimum Gasteiger partial charge on any atom is -0.491 e. The quantitative estimate of drug-likeness (QED) is 0.778. The van der Waals surface area contributed by atoms with Crippen LogP contribution >= 0.6 is 23.2 Å². The van der Waals surface area contributed by atoms with Crippen LogP contribution in [0.25, 0.3) is 0 Å². The van der Waals surface area contributed by atoms with E-state index in [1.165, 1.54) is 0 Å². The van der Waals surface area contributed by atoms with Gasteiger partial charge in [0.2, 0.25) is 0 Å². The van der Waals surface area contributed by atoms with Gasteiger partial charge in [0.05, 0.1) is 23.3 Å². The van der Waals surface area contributed by atoms with Crippen LogP contribution in [0.1, 0.15) is 20.8 Å². The first kappa shape index (κ1) is 16.6. The number of ether oxygens (including phenoxy) is 2. The lowest BCUT2D eigenvalue weighted by Crippen LogP contribution is -2.38. The molecule has 19 heavy (non-hydrogen) atoms. The predicted octanol–water partition coefficient (Wildman–Crippen LogP) is 3.78. The molecule has 1 rings (SSSR count). The predicted molar refractivity (Wildman–Crippen MR) is 80.5 cm³/mol. The first-order valence-electron chi connectivity index (χ1n) is 6.29. The Bertz CT molecular complexity index is 392. The topological polar surface area (TPSA) is 30.5 Å². The molecule has 1 aromatic rings. The van der Waals surface area contributed by atoms with Gasteiger partial charge >= 0.3 is 0 Å². The molecule has 5 heteroatoms. The van der Waals surface area contributed by atoms with Crippen molar-refractivity contribution in [3.8, 4) is 5.75 Å². The van der Waals surface area contributed by atoms with E-state index in [0.29, 0.717) is 35.6 Å². The molecule has 0 aromatic heterocycles. The molecule has 0 heterocycles. The summed E-state index contributed by atoms with van der Waals surface area (Å²) in [6.45, 7) is 8.92. The third kappa shape index (κ3) is 7.63. The summed E-state index contributed by atoms with van der Waals surface area (Å²) >= 11 is 11.7. The summed E-state index contributed by atoms with van der Waals surface area (Å²) in [5, 5.41) is 4.37. The van der Waals surface area contributed by atoms with E-state index in [2.05, 4.69) is 26.1 Å². The van der Waals surface area contributed by atoms with Crippen LogP contribution in [0, 0.1) is 0 Å². The molecule has 0 saturated carbocycles. The van der Waals surface area contributed by atoms with Crippen LogP contribution in [0.4, 0.5) is 0 Å². The number of rotatable bonds is 7. The maximum absolute atomic E-state index is 5.89. The van der Waals surface area contributed by atoms with Crippen molar-refractivity contribution in [2.75, 3.05) is 26.4 Å². The zero-order valence-electron chi connectivity index (χ0n) is 11.6. The second-order valence-electron chi connectivity index (χ2n) is 5.21. The van der Waals surface area contributed by atoms with Gasteiger partial charge in [0.1, 0.15) is 12.4 Å². The number of hydrogen-bond donors (Lipinski definition) is 1. The molecule has 108 valence electrons. The summed E-state index contributed by atoms with van der Waals surface area (Å²) < 4.78 is 11.0. The van der Waals surface area contributed by atoms with Crippen molar-refractivity contribution < 1.29 is 9.47 Å². The minimum absolute atomic E-state index is 0.125. The third-order valence-corrected chi connectivity index (χ3v) is 3.03. The van der Waals surface area contributed by atoms with Crippen molar-refractivity contribution in [3.63, 3.8) is 0 Å². The van der Waals surface area contributed by atoms with Crippen molar-refractivity contribution in [2.45, 2.75) is 26.3 Å². The van der Waals surface area contributed by atoms with Crippen LogP contribution < -0.4 is 10.1 Å². The summed E-state index contributed by atoms with van der Waals surface area (Å²) in [7, 11) is 0. The summed E-state index contributed by atoms with van der Waals surface area (Å²) in [5.41, 5.74) is 0.125. The smallest absolute Gasteiger partial charge is 0.121 e. The normalized spacial score (nSPS) is 11.6. The van der Waals surface area contributed by atoms with E-state index < -0.39 is 0 Å². The standard InChI is InChI=1S/C14H21Cl2NO2/c1-14(2,3)17-6-7-18-8-9-19-11-4-5-12(15)13(16)10-11/h4-5,10,17H,6-9H2,1-3H3. The van der Waals surface area contributed by atoms with Gasteiger partial charge in [-0.3, -0.25) is 0 Å². The van der Waals surface area contributed by atoms with E-state index in [0.717, 1.165) is 6.54 Å². The van der Waals surface area contributed by atoms with E-state index in [4.69, 9.17) is 32.7 Å². The van der Waals surface area contributed by atoms with Crippen LogP contribution in [0.15, 0.2) is 18.2 Å². The molecular formula is C14H21Cl2NO2. The molecule has 1 aromatic carbocycles. The Hall–Kier alpha value is -0.480. The number of hydrogen-bond acceptors (Lipinski definition) is 3. The Morgan fingerprint density at radius 1 is 1.05 bits per heavy atom. The Kier molecular flexibility index (Phi) is 6.94. The van der Waals surface area contributed by atoms with Gasteiger partial charge in [-0.15, -0.1) is 0 Å². The fourth-order valence-electron chi connectivity index (χ4n) is 1.39. The monoisotopic (exact) mass is 305 g/mol. The fraction of sp³-hybridized carbons (Fsp3) is 0.571. The molecular weight excluding hydrogens is 285 g/mol. The molecule has 0 aliphatic heterocycles. The zero-order chi connectivity index (χ0) is 14.3. The second kappa shape index (κ2) is 7.95. The molecule has 3 nitrogen and oxygen atoms in total. The van der Waals surface area contributed by atoms with Crippen molar-refractivity contribution in [3.05, 3.63) is 28.2 Å². The zero-order valence-corrected chi connectivity index (χ0v) is 13.1. The first-order chi connectivity index (χ1) is 8.88. The highest BCUT2D eigenvalue weighted by Gasteiger charge is 2.07. The van der Waals surface area contributed by atoms with Gasteiger partial charge in [-0.25, -0.2) is 0 Å². The summed E-state index contributed by atoms with van der Waals surface area (Å²) in [6, 6.07) is 5.20. The van der Waals surface area contributed by atoms with Crippen LogP contribution in [0.3, 0.4) is 0 Å². The van der Waals surface area contributed by atoms with E-state index in [1.54, 1.807) is 18.2 Å². The number of halogens is 2. The Balaban J connectivity index is 2.09. The summed E-state index contributed by atoms with van der Waals surface area (Å²) in [4.78, 5) is 0. The first-order valence-corrected chi connectivity index (χ1v) is 7.05. The average Bonchev–Trinajstić information content (AvgIpc) is 2.31. The van der Waals surface area contributed by atoms with Crippen LogP contribution in [0.5, 0.6) is 5.75 Å². The number of nitrogens with one attached hydrogen (secondary N) is 1.